The van der Waals surface area contributed by atoms with Gasteiger partial charge in [-0.3, -0.25) is 9.89 Å². The number of aryl methyl sites for hydroxylation is 2. The number of guanidine groups is 1. The van der Waals surface area contributed by atoms with Crippen molar-refractivity contribution < 1.29 is 9.47 Å². The minimum absolute atomic E-state index is 0.326. The predicted octanol–water partition coefficient (Wildman–Crippen LogP) is 3.15. The Morgan fingerprint density at radius 2 is 2.00 bits per heavy atom. The summed E-state index contributed by atoms with van der Waals surface area (Å²) in [5, 5.41) is 6.97. The third-order valence-electron chi connectivity index (χ3n) is 5.44. The highest BCUT2D eigenvalue weighted by Gasteiger charge is 2.24. The molecular weight excluding hydrogens is 396 g/mol. The summed E-state index contributed by atoms with van der Waals surface area (Å²) < 4.78 is 11.0. The van der Waals surface area contributed by atoms with E-state index in [2.05, 4.69) is 64.7 Å². The second-order valence-electron chi connectivity index (χ2n) is 7.55. The van der Waals surface area contributed by atoms with Crippen molar-refractivity contribution in [3.63, 3.8) is 0 Å². The molecule has 6 nitrogen and oxygen atoms in total. The largest absolute Gasteiger partial charge is 0.496 e. The molecule has 1 unspecified atom stereocenters. The van der Waals surface area contributed by atoms with Gasteiger partial charge in [0.15, 0.2) is 5.96 Å². The Hall–Kier alpha value is -2.09. The molecular formula is C23H34N4O2S. The molecule has 0 saturated carbocycles. The summed E-state index contributed by atoms with van der Waals surface area (Å²) in [6.45, 7) is 9.38. The number of thiophene rings is 1. The van der Waals surface area contributed by atoms with E-state index >= 15 is 0 Å². The van der Waals surface area contributed by atoms with Crippen molar-refractivity contribution in [1.82, 2.24) is 15.5 Å². The van der Waals surface area contributed by atoms with Crippen LogP contribution in [-0.4, -0.2) is 64.4 Å². The van der Waals surface area contributed by atoms with Crippen molar-refractivity contribution in [2.45, 2.75) is 26.3 Å². The molecule has 1 atom stereocenters. The molecule has 0 amide bonds. The molecule has 30 heavy (non-hydrogen) atoms. The number of ether oxygens (including phenoxy) is 2. The van der Waals surface area contributed by atoms with Crippen LogP contribution in [0.15, 0.2) is 35.3 Å². The molecule has 0 spiro atoms. The zero-order valence-corrected chi connectivity index (χ0v) is 19.3. The Labute approximate surface area is 184 Å². The minimum atomic E-state index is 0.326. The smallest absolute Gasteiger partial charge is 0.191 e. The molecule has 1 aromatic heterocycles. The lowest BCUT2D eigenvalue weighted by Gasteiger charge is -2.34. The molecule has 0 bridgehead atoms. The van der Waals surface area contributed by atoms with Crippen LogP contribution < -0.4 is 15.4 Å². The van der Waals surface area contributed by atoms with Gasteiger partial charge in [0.05, 0.1) is 26.4 Å². The molecule has 0 aliphatic carbocycles. The van der Waals surface area contributed by atoms with Crippen LogP contribution in [0.3, 0.4) is 0 Å². The van der Waals surface area contributed by atoms with Gasteiger partial charge in [-0.25, -0.2) is 0 Å². The van der Waals surface area contributed by atoms with Crippen LogP contribution >= 0.6 is 11.3 Å². The van der Waals surface area contributed by atoms with Gasteiger partial charge in [-0.2, -0.15) is 0 Å². The zero-order chi connectivity index (χ0) is 21.3. The molecule has 7 heteroatoms. The average molecular weight is 431 g/mol. The van der Waals surface area contributed by atoms with Gasteiger partial charge in [0.1, 0.15) is 5.75 Å². The van der Waals surface area contributed by atoms with Crippen LogP contribution in [0.1, 0.15) is 26.9 Å². The van der Waals surface area contributed by atoms with E-state index in [1.54, 1.807) is 7.11 Å². The highest BCUT2D eigenvalue weighted by molar-refractivity contribution is 7.12. The van der Waals surface area contributed by atoms with Gasteiger partial charge in [0.25, 0.3) is 0 Å². The van der Waals surface area contributed by atoms with Crippen molar-refractivity contribution in [3.05, 3.63) is 51.2 Å². The Morgan fingerprint density at radius 1 is 1.20 bits per heavy atom. The van der Waals surface area contributed by atoms with Gasteiger partial charge in [0, 0.05) is 43.0 Å². The lowest BCUT2D eigenvalue weighted by Crippen LogP contribution is -2.46. The van der Waals surface area contributed by atoms with Gasteiger partial charge in [-0.05, 0) is 49.6 Å². The van der Waals surface area contributed by atoms with Gasteiger partial charge in [0.2, 0.25) is 0 Å². The Morgan fingerprint density at radius 3 is 2.67 bits per heavy atom. The first-order valence-electron chi connectivity index (χ1n) is 10.6. The number of rotatable bonds is 8. The number of hydrogen-bond donors (Lipinski definition) is 2. The van der Waals surface area contributed by atoms with E-state index in [-0.39, 0.29) is 0 Å². The monoisotopic (exact) mass is 430 g/mol. The third kappa shape index (κ3) is 6.20. The number of nitrogens with zero attached hydrogens (tertiary/aromatic N) is 2. The Bertz CT molecular complexity index is 830. The van der Waals surface area contributed by atoms with Crippen molar-refractivity contribution in [1.29, 1.82) is 0 Å². The Balaban J connectivity index is 1.54. The second kappa shape index (κ2) is 11.3. The maximum atomic E-state index is 5.55. The van der Waals surface area contributed by atoms with E-state index < -0.39 is 0 Å². The van der Waals surface area contributed by atoms with Crippen LogP contribution in [-0.2, 0) is 11.2 Å². The molecule has 2 heterocycles. The van der Waals surface area contributed by atoms with E-state index in [0.29, 0.717) is 6.04 Å². The topological polar surface area (TPSA) is 58.1 Å². The lowest BCUT2D eigenvalue weighted by atomic mass is 10.1. The first kappa shape index (κ1) is 22.6. The fourth-order valence-corrected chi connectivity index (χ4v) is 4.70. The van der Waals surface area contributed by atoms with Crippen LogP contribution in [0.25, 0.3) is 0 Å². The number of morpholine rings is 1. The summed E-state index contributed by atoms with van der Waals surface area (Å²) >= 11 is 1.87. The summed E-state index contributed by atoms with van der Waals surface area (Å²) in [5.41, 5.74) is 2.41. The molecule has 1 aliphatic heterocycles. The van der Waals surface area contributed by atoms with Gasteiger partial charge in [-0.15, -0.1) is 11.3 Å². The molecule has 2 aromatic rings. The van der Waals surface area contributed by atoms with E-state index in [9.17, 15) is 0 Å². The second-order valence-corrected chi connectivity index (χ2v) is 8.87. The highest BCUT2D eigenvalue weighted by atomic mass is 32.1. The van der Waals surface area contributed by atoms with Gasteiger partial charge >= 0.3 is 0 Å². The molecule has 1 aliphatic rings. The first-order chi connectivity index (χ1) is 14.6. The molecule has 3 rings (SSSR count). The molecule has 1 fully saturated rings. The fraction of sp³-hybridized carbons (Fsp3) is 0.522. The normalized spacial score (nSPS) is 16.3. The molecule has 1 aromatic carbocycles. The van der Waals surface area contributed by atoms with E-state index in [1.165, 1.54) is 15.3 Å². The Kier molecular flexibility index (Phi) is 8.54. The summed E-state index contributed by atoms with van der Waals surface area (Å²) in [6.07, 6.45) is 0.911. The summed E-state index contributed by atoms with van der Waals surface area (Å²) in [6, 6.07) is 11.2. The molecule has 164 valence electrons. The zero-order valence-electron chi connectivity index (χ0n) is 18.5. The summed E-state index contributed by atoms with van der Waals surface area (Å²) in [4.78, 5) is 9.66. The number of methoxy groups -OCH3 is 1. The third-order valence-corrected chi connectivity index (χ3v) is 6.54. The number of hydrogen-bond acceptors (Lipinski definition) is 5. The van der Waals surface area contributed by atoms with Crippen LogP contribution in [0.5, 0.6) is 5.75 Å². The van der Waals surface area contributed by atoms with Crippen molar-refractivity contribution in [2.24, 2.45) is 4.99 Å². The quantitative estimate of drug-likeness (QED) is 0.498. The number of nitrogens with one attached hydrogen (secondary N) is 2. The molecule has 2 N–H and O–H groups in total. The first-order valence-corrected chi connectivity index (χ1v) is 11.4. The van der Waals surface area contributed by atoms with E-state index in [1.807, 2.05) is 18.4 Å². The van der Waals surface area contributed by atoms with Gasteiger partial charge in [-0.1, -0.05) is 12.1 Å². The maximum absolute atomic E-state index is 5.55. The van der Waals surface area contributed by atoms with Gasteiger partial charge < -0.3 is 20.1 Å². The molecule has 1 saturated heterocycles. The SMILES string of the molecule is CN=C(NCCc1ccc(C)c(OC)c1)NCC(c1ccc(C)s1)N1CCOCC1. The van der Waals surface area contributed by atoms with Crippen LogP contribution in [0, 0.1) is 13.8 Å². The average Bonchev–Trinajstić information content (AvgIpc) is 3.20. The highest BCUT2D eigenvalue weighted by Crippen LogP contribution is 2.28. The van der Waals surface area contributed by atoms with E-state index in [4.69, 9.17) is 9.47 Å². The number of aliphatic imine (C=N–C) groups is 1. The fourth-order valence-electron chi connectivity index (χ4n) is 3.69. The summed E-state index contributed by atoms with van der Waals surface area (Å²) in [5.74, 6) is 1.77. The van der Waals surface area contributed by atoms with Crippen LogP contribution in [0.2, 0.25) is 0 Å². The van der Waals surface area contributed by atoms with Crippen molar-refractivity contribution in [3.8, 4) is 5.75 Å². The summed E-state index contributed by atoms with van der Waals surface area (Å²) in [7, 11) is 3.54. The van der Waals surface area contributed by atoms with Crippen molar-refractivity contribution in [2.75, 3.05) is 53.6 Å². The predicted molar refractivity (Wildman–Crippen MR) is 125 cm³/mol. The van der Waals surface area contributed by atoms with E-state index in [0.717, 1.165) is 63.1 Å². The standard InChI is InChI=1S/C23H34N4O2S/c1-17-5-7-19(15-21(17)28-4)9-10-25-23(24-3)26-16-20(22-8-6-18(2)30-22)27-11-13-29-14-12-27/h5-8,15,20H,9-14,16H2,1-4H3,(H2,24,25,26). The lowest BCUT2D eigenvalue weighted by molar-refractivity contribution is 0.0177. The minimum Gasteiger partial charge on any atom is -0.496 e. The maximum Gasteiger partial charge on any atom is 0.191 e. The molecule has 0 radical (unpaired) electrons. The van der Waals surface area contributed by atoms with Crippen LogP contribution in [0.4, 0.5) is 0 Å². The van der Waals surface area contributed by atoms with Crippen molar-refractivity contribution >= 4 is 17.3 Å². The number of benzene rings is 1.